The van der Waals surface area contributed by atoms with E-state index in [2.05, 4.69) is 0 Å². The molecule has 0 saturated heterocycles. The first kappa shape index (κ1) is 38.1. The van der Waals surface area contributed by atoms with E-state index >= 15 is 0 Å². The van der Waals surface area contributed by atoms with Gasteiger partial charge in [-0.05, 0) is 75.1 Å². The summed E-state index contributed by atoms with van der Waals surface area (Å²) < 4.78 is 57.1. The van der Waals surface area contributed by atoms with Gasteiger partial charge in [-0.3, -0.25) is 0 Å². The summed E-state index contributed by atoms with van der Waals surface area (Å²) in [6.07, 6.45) is -1.26. The number of hydrogen-bond donors (Lipinski definition) is 2. The quantitative estimate of drug-likeness (QED) is 0.153. The average molecular weight is 785 g/mol. The number of carbonyl (C=O) groups excluding carboxylic acids is 1. The van der Waals surface area contributed by atoms with Gasteiger partial charge in [-0.2, -0.15) is 0 Å². The molecule has 6 aromatic rings. The Morgan fingerprint density at radius 2 is 1.11 bits per heavy atom. The Bertz CT molecular complexity index is 2620. The molecule has 1 atom stereocenters. The van der Waals surface area contributed by atoms with Crippen LogP contribution in [0.2, 0.25) is 0 Å². The van der Waals surface area contributed by atoms with Gasteiger partial charge in [0.15, 0.2) is 46.0 Å². The molecular weight excluding hydrogens is 751 g/mol. The third-order valence-corrected chi connectivity index (χ3v) is 10.2. The summed E-state index contributed by atoms with van der Waals surface area (Å²) in [5, 5.41) is 38.2. The summed E-state index contributed by atoms with van der Waals surface area (Å²) in [6.45, 7) is -0.938. The summed E-state index contributed by atoms with van der Waals surface area (Å²) in [7, 11) is 6.04. The van der Waals surface area contributed by atoms with Crippen LogP contribution >= 0.6 is 0 Å². The number of esters is 1. The summed E-state index contributed by atoms with van der Waals surface area (Å²) in [4.78, 5) is 14.0. The van der Waals surface area contributed by atoms with Crippen molar-refractivity contribution in [3.05, 3.63) is 82.9 Å². The summed E-state index contributed by atoms with van der Waals surface area (Å²) >= 11 is 0. The molecule has 0 radical (unpaired) electrons. The average Bonchev–Trinajstić information content (AvgIpc) is 3.95. The fraction of sp³-hybridized carbons (Fsp3) is 0.214. The zero-order valence-electron chi connectivity index (χ0n) is 31.5. The Labute approximate surface area is 347 Å². The van der Waals surface area contributed by atoms with Gasteiger partial charge in [0.25, 0.3) is 0 Å². The second-order valence-electron chi connectivity index (χ2n) is 13.1. The van der Waals surface area contributed by atoms with E-state index in [-0.39, 0.29) is 72.4 Å². The van der Waals surface area contributed by atoms with Crippen LogP contribution in [-0.4, -0.2) is 58.2 Å². The van der Waals surface area contributed by atoms with Crippen LogP contribution in [-0.2, 0) is 22.7 Å². The summed E-state index contributed by atoms with van der Waals surface area (Å²) in [5.74, 6) is 2.22. The number of phenols is 2. The molecule has 0 bridgehead atoms. The molecule has 3 aliphatic rings. The number of carbonyl (C=O) groups is 1. The van der Waals surface area contributed by atoms with Crippen LogP contribution < -0.4 is 72.6 Å². The smallest absolute Gasteiger partial charge is 0.851 e. The Morgan fingerprint density at radius 1 is 0.632 bits per heavy atom. The van der Waals surface area contributed by atoms with Crippen molar-refractivity contribution in [2.45, 2.75) is 19.5 Å². The first-order valence-corrected chi connectivity index (χ1v) is 17.3. The van der Waals surface area contributed by atoms with Gasteiger partial charge in [0.1, 0.15) is 11.5 Å². The number of methoxy groups -OCH3 is 4. The Balaban J connectivity index is 0.00000455. The van der Waals surface area contributed by atoms with Crippen LogP contribution in [0.25, 0.3) is 43.8 Å². The van der Waals surface area contributed by atoms with Crippen molar-refractivity contribution in [2.75, 3.05) is 42.0 Å². The van der Waals surface area contributed by atoms with Crippen LogP contribution in [0.15, 0.2) is 60.7 Å². The molecule has 286 valence electrons. The number of benzene rings is 6. The van der Waals surface area contributed by atoms with Gasteiger partial charge in [-0.25, -0.2) is 4.79 Å². The van der Waals surface area contributed by atoms with Crippen molar-refractivity contribution in [1.82, 2.24) is 0 Å². The van der Waals surface area contributed by atoms with Gasteiger partial charge in [0, 0.05) is 34.4 Å². The standard InChI is InChI=1S/C42H33O14.Na/c1-47-30-7-19-5-21(15-43)27(38(22(19)9-32(30)49-3)24-11-34-36(13-28(24)44)54-17-52-34)16-51-42-26-6-20-8-31(48-2)33(50-4)10-23(20)39(40(26)41(46)56-42)25-12-35-37(14-29(25)45)55-18-53-35;/h5-14,42,44-45H,15-18H2,1-4H3;/q-1;+1. The topological polar surface area (TPSA) is 173 Å². The van der Waals surface area contributed by atoms with E-state index in [0.717, 1.165) is 0 Å². The van der Waals surface area contributed by atoms with E-state index in [0.29, 0.717) is 101 Å². The van der Waals surface area contributed by atoms with Crippen molar-refractivity contribution >= 4 is 27.5 Å². The van der Waals surface area contributed by atoms with Crippen molar-refractivity contribution in [2.24, 2.45) is 0 Å². The Morgan fingerprint density at radius 3 is 1.63 bits per heavy atom. The minimum Gasteiger partial charge on any atom is -0.851 e. The molecule has 0 saturated carbocycles. The van der Waals surface area contributed by atoms with Gasteiger partial charge in [0.05, 0.1) is 40.6 Å². The number of cyclic esters (lactones) is 1. The SMILES string of the molecule is COc1cc2cc(C[O-])c(COC3OC(=O)c4c3cc3cc(OC)c(OC)cc3c4-c3cc4c(cc3O)OCO4)c(-c3cc4c(cc3O)OCO4)c2cc1OC.[Na+]. The largest absolute Gasteiger partial charge is 1.00 e. The van der Waals surface area contributed by atoms with Crippen molar-refractivity contribution in [3.8, 4) is 79.7 Å². The molecule has 1 unspecified atom stereocenters. The van der Waals surface area contributed by atoms with Gasteiger partial charge in [-0.15, -0.1) is 6.61 Å². The van der Waals surface area contributed by atoms with Crippen LogP contribution in [0.1, 0.15) is 33.3 Å². The monoisotopic (exact) mass is 784 g/mol. The van der Waals surface area contributed by atoms with Crippen LogP contribution in [0, 0.1) is 0 Å². The van der Waals surface area contributed by atoms with Gasteiger partial charge in [-0.1, -0.05) is 11.6 Å². The van der Waals surface area contributed by atoms with E-state index in [4.69, 9.17) is 47.4 Å². The molecule has 0 aromatic heterocycles. The van der Waals surface area contributed by atoms with E-state index in [9.17, 15) is 20.1 Å². The minimum atomic E-state index is -1.26. The number of fused-ring (bicyclic) bond motifs is 5. The molecule has 57 heavy (non-hydrogen) atoms. The molecule has 6 aromatic carbocycles. The molecule has 3 heterocycles. The van der Waals surface area contributed by atoms with Crippen molar-refractivity contribution < 1.29 is 97.0 Å². The second kappa shape index (κ2) is 15.0. The van der Waals surface area contributed by atoms with Crippen molar-refractivity contribution in [3.63, 3.8) is 0 Å². The maximum atomic E-state index is 14.0. The predicted molar refractivity (Wildman–Crippen MR) is 197 cm³/mol. The fourth-order valence-electron chi connectivity index (χ4n) is 7.63. The van der Waals surface area contributed by atoms with Crippen LogP contribution in [0.4, 0.5) is 0 Å². The van der Waals surface area contributed by atoms with E-state index in [1.54, 1.807) is 48.5 Å². The molecular formula is C42H33NaO14. The van der Waals surface area contributed by atoms with Gasteiger partial charge >= 0.3 is 35.5 Å². The molecule has 0 amide bonds. The molecule has 2 N–H and O–H groups in total. The molecule has 0 aliphatic carbocycles. The summed E-state index contributed by atoms with van der Waals surface area (Å²) in [5.41, 5.74) is 2.76. The molecule has 9 rings (SSSR count). The third kappa shape index (κ3) is 6.20. The molecule has 0 spiro atoms. The molecule has 15 heteroatoms. The molecule has 3 aliphatic heterocycles. The maximum absolute atomic E-state index is 14.0. The van der Waals surface area contributed by atoms with E-state index in [1.165, 1.54) is 40.6 Å². The van der Waals surface area contributed by atoms with Crippen molar-refractivity contribution in [1.29, 1.82) is 0 Å². The zero-order chi connectivity index (χ0) is 38.8. The number of hydrogen-bond acceptors (Lipinski definition) is 14. The first-order valence-electron chi connectivity index (χ1n) is 17.3. The van der Waals surface area contributed by atoms with Gasteiger partial charge < -0.3 is 62.7 Å². The van der Waals surface area contributed by atoms with E-state index < -0.39 is 18.9 Å². The predicted octanol–water partition coefficient (Wildman–Crippen LogP) is 3.48. The normalized spacial score (nSPS) is 14.7. The zero-order valence-corrected chi connectivity index (χ0v) is 33.5. The summed E-state index contributed by atoms with van der Waals surface area (Å²) in [6, 6.07) is 16.6. The Kier molecular flexibility index (Phi) is 10.0. The second-order valence-corrected chi connectivity index (χ2v) is 13.1. The van der Waals surface area contributed by atoms with Gasteiger partial charge in [0.2, 0.25) is 19.9 Å². The Hall–Kier alpha value is -5.77. The van der Waals surface area contributed by atoms with E-state index in [1.807, 2.05) is 0 Å². The van der Waals surface area contributed by atoms with Crippen LogP contribution in [0.3, 0.4) is 0 Å². The number of rotatable bonds is 10. The minimum absolute atomic E-state index is 0. The van der Waals surface area contributed by atoms with Crippen LogP contribution in [0.5, 0.6) is 57.5 Å². The first-order chi connectivity index (χ1) is 27.2. The number of phenolic OH excluding ortho intramolecular Hbond substituents is 2. The third-order valence-electron chi connectivity index (χ3n) is 10.2. The number of aromatic hydroxyl groups is 2. The molecule has 14 nitrogen and oxygen atoms in total. The maximum Gasteiger partial charge on any atom is 1.00 e. The molecule has 0 fully saturated rings. The number of ether oxygens (including phenoxy) is 10. The fourth-order valence-corrected chi connectivity index (χ4v) is 7.63.